The summed E-state index contributed by atoms with van der Waals surface area (Å²) in [6.07, 6.45) is 12.0. The normalized spacial score (nSPS) is 11.6. The number of unbranched alkanes of at least 4 members (excludes halogenated alkanes) is 7. The smallest absolute Gasteiger partial charge is 0.407 e. The highest BCUT2D eigenvalue weighted by Crippen LogP contribution is 2.24. The van der Waals surface area contributed by atoms with Crippen LogP contribution in [0, 0.1) is 0 Å². The number of amides is 1. The van der Waals surface area contributed by atoms with E-state index in [1.807, 2.05) is 32.9 Å². The van der Waals surface area contributed by atoms with Crippen LogP contribution in [0.15, 0.2) is 22.6 Å². The van der Waals surface area contributed by atoms with Gasteiger partial charge in [-0.25, -0.2) is 4.79 Å². The summed E-state index contributed by atoms with van der Waals surface area (Å²) in [5.41, 5.74) is 2.56. The Morgan fingerprint density at radius 2 is 1.71 bits per heavy atom. The van der Waals surface area contributed by atoms with Gasteiger partial charge in [-0.05, 0) is 51.7 Å². The molecule has 1 heterocycles. The lowest BCUT2D eigenvalue weighted by atomic mass is 10.0. The van der Waals surface area contributed by atoms with Gasteiger partial charge in [0, 0.05) is 13.1 Å². The number of hydrogen-bond acceptors (Lipinski definition) is 5. The van der Waals surface area contributed by atoms with E-state index in [4.69, 9.17) is 9.15 Å². The molecule has 6 heteroatoms. The molecule has 0 aliphatic rings. The van der Waals surface area contributed by atoms with Crippen LogP contribution in [0.3, 0.4) is 0 Å². The number of carbonyl (C=O) groups excluding carboxylic acids is 1. The van der Waals surface area contributed by atoms with Crippen LogP contribution in [0.25, 0.3) is 11.1 Å². The maximum Gasteiger partial charge on any atom is 0.407 e. The van der Waals surface area contributed by atoms with E-state index < -0.39 is 5.60 Å². The Morgan fingerprint density at radius 1 is 1.00 bits per heavy atom. The van der Waals surface area contributed by atoms with E-state index in [0.29, 0.717) is 19.1 Å². The maximum atomic E-state index is 11.6. The molecule has 6 nitrogen and oxygen atoms in total. The van der Waals surface area contributed by atoms with Gasteiger partial charge >= 0.3 is 6.09 Å². The van der Waals surface area contributed by atoms with Crippen LogP contribution < -0.4 is 10.6 Å². The quantitative estimate of drug-likeness (QED) is 0.320. The van der Waals surface area contributed by atoms with Crippen LogP contribution in [0.4, 0.5) is 10.8 Å². The average Bonchev–Trinajstić information content (AvgIpc) is 3.12. The number of carbonyl (C=O) groups is 1. The van der Waals surface area contributed by atoms with Crippen LogP contribution >= 0.6 is 0 Å². The van der Waals surface area contributed by atoms with Crippen LogP contribution in [0.2, 0.25) is 0 Å². The Balaban J connectivity index is 1.69. The molecule has 0 aliphatic heterocycles. The molecule has 0 bridgehead atoms. The van der Waals surface area contributed by atoms with Crippen molar-refractivity contribution in [3.05, 3.63) is 23.8 Å². The third-order valence-corrected chi connectivity index (χ3v) is 5.10. The minimum Gasteiger partial charge on any atom is -0.444 e. The molecule has 1 aromatic carbocycles. The summed E-state index contributed by atoms with van der Waals surface area (Å²) in [4.78, 5) is 16.3. The second-order valence-corrected chi connectivity index (χ2v) is 9.22. The third kappa shape index (κ3) is 10.1. The Labute approximate surface area is 187 Å². The summed E-state index contributed by atoms with van der Waals surface area (Å²) in [7, 11) is 0. The van der Waals surface area contributed by atoms with Crippen molar-refractivity contribution < 1.29 is 13.9 Å². The van der Waals surface area contributed by atoms with E-state index in [0.717, 1.165) is 23.9 Å². The first kappa shape index (κ1) is 25.0. The average molecular weight is 432 g/mol. The standard InChI is InChI=1S/C25H41N3O3/c1-5-6-7-8-9-10-11-12-15-20-16-13-17-21-22(20)28-23(30-21)26-18-14-19-27-24(29)31-25(2,3)4/h13,16-17H,5-12,14-15,18-19H2,1-4H3,(H,26,28)(H,27,29). The monoisotopic (exact) mass is 431 g/mol. The van der Waals surface area contributed by atoms with Crippen molar-refractivity contribution >= 4 is 23.2 Å². The van der Waals surface area contributed by atoms with Gasteiger partial charge in [0.05, 0.1) is 0 Å². The van der Waals surface area contributed by atoms with Crippen LogP contribution in [-0.4, -0.2) is 29.8 Å². The zero-order valence-electron chi connectivity index (χ0n) is 19.9. The highest BCUT2D eigenvalue weighted by Gasteiger charge is 2.15. The number of alkyl carbamates (subject to hydrolysis) is 1. The summed E-state index contributed by atoms with van der Waals surface area (Å²) in [5.74, 6) is 0. The summed E-state index contributed by atoms with van der Waals surface area (Å²) in [6.45, 7) is 9.01. The second kappa shape index (κ2) is 13.2. The third-order valence-electron chi connectivity index (χ3n) is 5.10. The molecule has 31 heavy (non-hydrogen) atoms. The van der Waals surface area contributed by atoms with E-state index in [9.17, 15) is 4.79 Å². The van der Waals surface area contributed by atoms with Gasteiger partial charge in [0.25, 0.3) is 6.01 Å². The van der Waals surface area contributed by atoms with Gasteiger partial charge in [-0.15, -0.1) is 0 Å². The molecule has 2 aromatic rings. The van der Waals surface area contributed by atoms with Gasteiger partial charge in [0.2, 0.25) is 0 Å². The van der Waals surface area contributed by atoms with Crippen molar-refractivity contribution in [1.29, 1.82) is 0 Å². The van der Waals surface area contributed by atoms with E-state index in [2.05, 4.69) is 28.6 Å². The lowest BCUT2D eigenvalue weighted by molar-refractivity contribution is 0.0528. The molecular formula is C25H41N3O3. The number of ether oxygens (including phenoxy) is 1. The fraction of sp³-hybridized carbons (Fsp3) is 0.680. The first-order chi connectivity index (χ1) is 14.9. The van der Waals surface area contributed by atoms with Gasteiger partial charge in [0.1, 0.15) is 11.1 Å². The molecule has 0 atom stereocenters. The van der Waals surface area contributed by atoms with E-state index in [1.165, 1.54) is 56.9 Å². The van der Waals surface area contributed by atoms with Gasteiger partial charge in [-0.3, -0.25) is 0 Å². The number of aromatic nitrogens is 1. The molecule has 0 saturated carbocycles. The van der Waals surface area contributed by atoms with Crippen LogP contribution in [0.5, 0.6) is 0 Å². The van der Waals surface area contributed by atoms with Gasteiger partial charge < -0.3 is 19.8 Å². The first-order valence-corrected chi connectivity index (χ1v) is 12.0. The fourth-order valence-corrected chi connectivity index (χ4v) is 3.52. The summed E-state index contributed by atoms with van der Waals surface area (Å²) in [6, 6.07) is 6.70. The van der Waals surface area contributed by atoms with Gasteiger partial charge in [-0.2, -0.15) is 4.98 Å². The number of nitrogens with one attached hydrogen (secondary N) is 2. The second-order valence-electron chi connectivity index (χ2n) is 9.22. The van der Waals surface area contributed by atoms with Crippen molar-refractivity contribution in [1.82, 2.24) is 10.3 Å². The molecule has 0 spiro atoms. The minimum absolute atomic E-state index is 0.389. The van der Waals surface area contributed by atoms with Crippen molar-refractivity contribution in [3.8, 4) is 0 Å². The zero-order chi connectivity index (χ0) is 22.5. The van der Waals surface area contributed by atoms with Crippen LogP contribution in [0.1, 0.15) is 91.0 Å². The number of rotatable bonds is 14. The maximum absolute atomic E-state index is 11.6. The molecule has 0 unspecified atom stereocenters. The summed E-state index contributed by atoms with van der Waals surface area (Å²) in [5, 5.41) is 5.97. The van der Waals surface area contributed by atoms with E-state index in [1.54, 1.807) is 0 Å². The molecule has 2 N–H and O–H groups in total. The highest BCUT2D eigenvalue weighted by molar-refractivity contribution is 5.78. The molecule has 0 saturated heterocycles. The van der Waals surface area contributed by atoms with Crippen molar-refractivity contribution in [2.45, 2.75) is 97.5 Å². The van der Waals surface area contributed by atoms with Crippen LogP contribution in [-0.2, 0) is 11.2 Å². The number of aryl methyl sites for hydroxylation is 1. The lowest BCUT2D eigenvalue weighted by Crippen LogP contribution is -2.33. The number of benzene rings is 1. The number of fused-ring (bicyclic) bond motifs is 1. The molecule has 1 amide bonds. The Hall–Kier alpha value is -2.24. The number of nitrogens with zero attached hydrogens (tertiary/aromatic N) is 1. The number of anilines is 1. The predicted molar refractivity (Wildman–Crippen MR) is 128 cm³/mol. The predicted octanol–water partition coefficient (Wildman–Crippen LogP) is 6.84. The zero-order valence-corrected chi connectivity index (χ0v) is 19.9. The molecular weight excluding hydrogens is 390 g/mol. The van der Waals surface area contributed by atoms with Crippen molar-refractivity contribution in [2.24, 2.45) is 0 Å². The number of oxazole rings is 1. The highest BCUT2D eigenvalue weighted by atomic mass is 16.6. The molecule has 0 fully saturated rings. The molecule has 2 rings (SSSR count). The fourth-order valence-electron chi connectivity index (χ4n) is 3.52. The summed E-state index contributed by atoms with van der Waals surface area (Å²) >= 11 is 0. The SMILES string of the molecule is CCCCCCCCCCc1cccc2oc(NCCCNC(=O)OC(C)(C)C)nc12. The number of hydrogen-bond donors (Lipinski definition) is 2. The number of para-hydroxylation sites is 1. The van der Waals surface area contributed by atoms with Crippen molar-refractivity contribution in [3.63, 3.8) is 0 Å². The molecule has 1 aromatic heterocycles. The molecule has 174 valence electrons. The van der Waals surface area contributed by atoms with E-state index in [-0.39, 0.29) is 6.09 Å². The van der Waals surface area contributed by atoms with Gasteiger partial charge in [-0.1, -0.05) is 64.0 Å². The molecule has 0 aliphatic carbocycles. The van der Waals surface area contributed by atoms with E-state index >= 15 is 0 Å². The largest absolute Gasteiger partial charge is 0.444 e. The topological polar surface area (TPSA) is 76.4 Å². The first-order valence-electron chi connectivity index (χ1n) is 12.0. The Bertz CT molecular complexity index is 780. The Morgan fingerprint density at radius 3 is 2.42 bits per heavy atom. The Kier molecular flexibility index (Phi) is 10.7. The minimum atomic E-state index is -0.479. The van der Waals surface area contributed by atoms with Crippen molar-refractivity contribution in [2.75, 3.05) is 18.4 Å². The lowest BCUT2D eigenvalue weighted by Gasteiger charge is -2.19. The van der Waals surface area contributed by atoms with Gasteiger partial charge in [0.15, 0.2) is 5.58 Å². The molecule has 0 radical (unpaired) electrons. The summed E-state index contributed by atoms with van der Waals surface area (Å²) < 4.78 is 11.1.